The fourth-order valence-corrected chi connectivity index (χ4v) is 1.11. The van der Waals surface area contributed by atoms with Crippen LogP contribution in [0.3, 0.4) is 0 Å². The Morgan fingerprint density at radius 1 is 1.56 bits per heavy atom. The summed E-state index contributed by atoms with van der Waals surface area (Å²) in [6, 6.07) is 1.95. The highest BCUT2D eigenvalue weighted by molar-refractivity contribution is 5.95. The van der Waals surface area contributed by atoms with Gasteiger partial charge >= 0.3 is 0 Å². The van der Waals surface area contributed by atoms with Crippen molar-refractivity contribution in [2.75, 3.05) is 12.3 Å². The van der Waals surface area contributed by atoms with Crippen LogP contribution in [0.1, 0.15) is 17.3 Å². The number of amides is 1. The van der Waals surface area contributed by atoms with Gasteiger partial charge in [-0.2, -0.15) is 0 Å². The van der Waals surface area contributed by atoms with Crippen LogP contribution in [0.5, 0.6) is 0 Å². The number of nitrogen functional groups attached to an aromatic ring is 1. The van der Waals surface area contributed by atoms with Gasteiger partial charge in [-0.1, -0.05) is 0 Å². The van der Waals surface area contributed by atoms with Gasteiger partial charge in [0.1, 0.15) is 11.4 Å². The largest absolute Gasteiger partial charge is 0.396 e. The number of anilines is 1. The molecule has 0 aromatic heterocycles. The van der Waals surface area contributed by atoms with Crippen molar-refractivity contribution in [2.45, 2.75) is 13.0 Å². The van der Waals surface area contributed by atoms with Gasteiger partial charge in [0.05, 0.1) is 11.8 Å². The van der Waals surface area contributed by atoms with E-state index < -0.39 is 29.2 Å². The maximum atomic E-state index is 13.3. The average Bonchev–Trinajstić information content (AvgIpc) is 2.21. The Kier molecular flexibility index (Phi) is 3.78. The summed E-state index contributed by atoms with van der Waals surface area (Å²) >= 11 is 0. The van der Waals surface area contributed by atoms with Gasteiger partial charge in [-0.3, -0.25) is 4.79 Å². The molecule has 0 fully saturated rings. The van der Waals surface area contributed by atoms with Crippen molar-refractivity contribution < 1.29 is 18.7 Å². The molecule has 0 heterocycles. The number of halogens is 2. The van der Waals surface area contributed by atoms with Crippen LogP contribution in [0.4, 0.5) is 14.5 Å². The van der Waals surface area contributed by atoms with Crippen molar-refractivity contribution >= 4 is 11.6 Å². The highest BCUT2D eigenvalue weighted by atomic mass is 19.1. The van der Waals surface area contributed by atoms with E-state index in [1.54, 1.807) is 0 Å². The molecule has 0 aliphatic rings. The quantitative estimate of drug-likeness (QED) is 0.667. The van der Waals surface area contributed by atoms with Crippen LogP contribution in [0, 0.1) is 11.6 Å². The SMILES string of the molecule is C[C@H](O)CNC(=O)c1c(F)ccc(N)c1F. The number of hydrogen-bond acceptors (Lipinski definition) is 3. The second-order valence-corrected chi connectivity index (χ2v) is 3.38. The van der Waals surface area contributed by atoms with E-state index in [4.69, 9.17) is 10.8 Å². The maximum absolute atomic E-state index is 13.3. The lowest BCUT2D eigenvalue weighted by Gasteiger charge is -2.09. The molecule has 4 nitrogen and oxygen atoms in total. The number of carbonyl (C=O) groups excluding carboxylic acids is 1. The van der Waals surface area contributed by atoms with Crippen LogP contribution >= 0.6 is 0 Å². The zero-order valence-corrected chi connectivity index (χ0v) is 8.63. The van der Waals surface area contributed by atoms with E-state index >= 15 is 0 Å². The zero-order valence-electron chi connectivity index (χ0n) is 8.63. The first kappa shape index (κ1) is 12.4. The van der Waals surface area contributed by atoms with Crippen molar-refractivity contribution in [1.29, 1.82) is 0 Å². The number of rotatable bonds is 3. The molecule has 0 saturated carbocycles. The Morgan fingerprint density at radius 3 is 2.75 bits per heavy atom. The third kappa shape index (κ3) is 2.66. The topological polar surface area (TPSA) is 75.3 Å². The normalized spacial score (nSPS) is 12.2. The summed E-state index contributed by atoms with van der Waals surface area (Å²) in [5.41, 5.74) is 4.17. The standard InChI is InChI=1S/C10H12F2N2O2/c1-5(15)4-14-10(16)8-6(11)2-3-7(13)9(8)12/h2-3,5,15H,4,13H2,1H3,(H,14,16)/t5-/m0/s1. The van der Waals surface area contributed by atoms with Crippen LogP contribution in [-0.2, 0) is 0 Å². The zero-order chi connectivity index (χ0) is 12.3. The van der Waals surface area contributed by atoms with E-state index in [1.807, 2.05) is 0 Å². The summed E-state index contributed by atoms with van der Waals surface area (Å²) in [6.07, 6.45) is -0.795. The lowest BCUT2D eigenvalue weighted by molar-refractivity contribution is 0.0915. The number of nitrogens with one attached hydrogen (secondary N) is 1. The van der Waals surface area contributed by atoms with E-state index in [1.165, 1.54) is 6.92 Å². The minimum Gasteiger partial charge on any atom is -0.396 e. The van der Waals surface area contributed by atoms with Gasteiger partial charge in [-0.15, -0.1) is 0 Å². The van der Waals surface area contributed by atoms with Crippen LogP contribution in [-0.4, -0.2) is 23.7 Å². The molecule has 6 heteroatoms. The first-order valence-corrected chi connectivity index (χ1v) is 4.63. The summed E-state index contributed by atoms with van der Waals surface area (Å²) in [5.74, 6) is -3.03. The molecule has 0 radical (unpaired) electrons. The van der Waals surface area contributed by atoms with Gasteiger partial charge in [-0.25, -0.2) is 8.78 Å². The summed E-state index contributed by atoms with van der Waals surface area (Å²) < 4.78 is 26.5. The lowest BCUT2D eigenvalue weighted by Crippen LogP contribution is -2.32. The molecule has 1 amide bonds. The minimum absolute atomic E-state index is 0.0908. The van der Waals surface area contributed by atoms with Gasteiger partial charge in [0.2, 0.25) is 0 Å². The third-order valence-corrected chi connectivity index (χ3v) is 1.91. The number of nitrogens with two attached hydrogens (primary N) is 1. The molecule has 16 heavy (non-hydrogen) atoms. The number of benzene rings is 1. The van der Waals surface area contributed by atoms with Crippen LogP contribution in [0.25, 0.3) is 0 Å². The molecule has 0 bridgehead atoms. The van der Waals surface area contributed by atoms with Crippen LogP contribution < -0.4 is 11.1 Å². The predicted octanol–water partition coefficient (Wildman–Crippen LogP) is 0.658. The predicted molar refractivity (Wildman–Crippen MR) is 54.8 cm³/mol. The minimum atomic E-state index is -1.09. The molecule has 0 aliphatic carbocycles. The van der Waals surface area contributed by atoms with Crippen molar-refractivity contribution in [3.8, 4) is 0 Å². The van der Waals surface area contributed by atoms with Crippen molar-refractivity contribution in [2.24, 2.45) is 0 Å². The van der Waals surface area contributed by atoms with Gasteiger partial charge in [0, 0.05) is 6.54 Å². The van der Waals surface area contributed by atoms with Crippen LogP contribution in [0.2, 0.25) is 0 Å². The Labute approximate surface area is 91.1 Å². The molecule has 4 N–H and O–H groups in total. The second-order valence-electron chi connectivity index (χ2n) is 3.38. The number of aliphatic hydroxyl groups excluding tert-OH is 1. The maximum Gasteiger partial charge on any atom is 0.257 e. The number of carbonyl (C=O) groups is 1. The fourth-order valence-electron chi connectivity index (χ4n) is 1.11. The molecule has 0 unspecified atom stereocenters. The second kappa shape index (κ2) is 4.89. The third-order valence-electron chi connectivity index (χ3n) is 1.91. The van der Waals surface area contributed by atoms with Gasteiger partial charge in [0.15, 0.2) is 5.82 Å². The summed E-state index contributed by atoms with van der Waals surface area (Å²) in [5, 5.41) is 11.1. The van der Waals surface area contributed by atoms with Crippen LogP contribution in [0.15, 0.2) is 12.1 Å². The molecule has 1 rings (SSSR count). The Bertz CT molecular complexity index is 408. The van der Waals surface area contributed by atoms with Crippen molar-refractivity contribution in [1.82, 2.24) is 5.32 Å². The number of hydrogen-bond donors (Lipinski definition) is 3. The van der Waals surface area contributed by atoms with Crippen molar-refractivity contribution in [3.05, 3.63) is 29.3 Å². The molecule has 88 valence electrons. The molecule has 0 aliphatic heterocycles. The highest BCUT2D eigenvalue weighted by Gasteiger charge is 2.19. The van der Waals surface area contributed by atoms with E-state index in [9.17, 15) is 13.6 Å². The summed E-state index contributed by atoms with van der Waals surface area (Å²) in [7, 11) is 0. The molecule has 1 aromatic rings. The van der Waals surface area contributed by atoms with Gasteiger partial charge in [-0.05, 0) is 19.1 Å². The number of aliphatic hydroxyl groups is 1. The van der Waals surface area contributed by atoms with E-state index in [0.29, 0.717) is 0 Å². The molecular formula is C10H12F2N2O2. The molecular weight excluding hydrogens is 218 g/mol. The highest BCUT2D eigenvalue weighted by Crippen LogP contribution is 2.18. The molecule has 0 saturated heterocycles. The Balaban J connectivity index is 2.95. The summed E-state index contributed by atoms with van der Waals surface area (Å²) in [4.78, 5) is 11.4. The van der Waals surface area contributed by atoms with Gasteiger partial charge in [0.25, 0.3) is 5.91 Å². The Morgan fingerprint density at radius 2 is 2.19 bits per heavy atom. The summed E-state index contributed by atoms with van der Waals surface area (Å²) in [6.45, 7) is 1.35. The van der Waals surface area contributed by atoms with E-state index in [-0.39, 0.29) is 12.2 Å². The monoisotopic (exact) mass is 230 g/mol. The molecule has 1 aromatic carbocycles. The first-order valence-electron chi connectivity index (χ1n) is 4.63. The van der Waals surface area contributed by atoms with Gasteiger partial charge < -0.3 is 16.2 Å². The fraction of sp³-hybridized carbons (Fsp3) is 0.300. The lowest BCUT2D eigenvalue weighted by atomic mass is 10.1. The van der Waals surface area contributed by atoms with E-state index in [2.05, 4.69) is 5.32 Å². The average molecular weight is 230 g/mol. The van der Waals surface area contributed by atoms with E-state index in [0.717, 1.165) is 12.1 Å². The van der Waals surface area contributed by atoms with Crippen molar-refractivity contribution in [3.63, 3.8) is 0 Å². The Hall–Kier alpha value is -1.69. The smallest absolute Gasteiger partial charge is 0.257 e. The molecule has 0 spiro atoms. The first-order chi connectivity index (χ1) is 7.43. The molecule has 1 atom stereocenters.